The summed E-state index contributed by atoms with van der Waals surface area (Å²) in [5, 5.41) is 4.31. The second kappa shape index (κ2) is 11.9. The van der Waals surface area contributed by atoms with Gasteiger partial charge in [0.2, 0.25) is 5.91 Å². The number of fused-ring (bicyclic) bond motifs is 1. The van der Waals surface area contributed by atoms with Gasteiger partial charge in [0, 0.05) is 48.4 Å². The molecule has 192 valence electrons. The van der Waals surface area contributed by atoms with Crippen molar-refractivity contribution < 1.29 is 9.18 Å². The first-order chi connectivity index (χ1) is 18.6. The molecule has 4 aromatic carbocycles. The number of halogens is 1. The number of aryl methyl sites for hydroxylation is 1. The van der Waals surface area contributed by atoms with Crippen LogP contribution in [0.15, 0.2) is 115 Å². The lowest BCUT2D eigenvalue weighted by Crippen LogP contribution is -2.27. The second-order valence-electron chi connectivity index (χ2n) is 9.71. The Morgan fingerprint density at radius 3 is 1.97 bits per heavy atom. The van der Waals surface area contributed by atoms with Crippen molar-refractivity contribution in [1.82, 2.24) is 9.88 Å². The van der Waals surface area contributed by atoms with E-state index in [-0.39, 0.29) is 23.6 Å². The van der Waals surface area contributed by atoms with Crippen molar-refractivity contribution in [2.75, 3.05) is 6.54 Å². The Kier molecular flexibility index (Phi) is 7.98. The summed E-state index contributed by atoms with van der Waals surface area (Å²) in [7, 11) is 0. The van der Waals surface area contributed by atoms with Crippen LogP contribution in [-0.4, -0.2) is 17.0 Å². The summed E-state index contributed by atoms with van der Waals surface area (Å²) in [6.07, 6.45) is 3.24. The van der Waals surface area contributed by atoms with Crippen molar-refractivity contribution in [1.29, 1.82) is 0 Å². The predicted molar refractivity (Wildman–Crippen MR) is 153 cm³/mol. The average molecular weight is 505 g/mol. The van der Waals surface area contributed by atoms with Crippen molar-refractivity contribution in [2.45, 2.75) is 38.1 Å². The summed E-state index contributed by atoms with van der Waals surface area (Å²) >= 11 is 0. The third kappa shape index (κ3) is 5.70. The fourth-order valence-electron chi connectivity index (χ4n) is 5.43. The van der Waals surface area contributed by atoms with Gasteiger partial charge in [0.1, 0.15) is 5.82 Å². The number of nitrogens with zero attached hydrogens (tertiary/aromatic N) is 1. The molecule has 0 spiro atoms. The summed E-state index contributed by atoms with van der Waals surface area (Å²) < 4.78 is 16.0. The summed E-state index contributed by atoms with van der Waals surface area (Å²) in [6, 6.07) is 35.7. The van der Waals surface area contributed by atoms with Crippen LogP contribution < -0.4 is 5.32 Å². The zero-order valence-electron chi connectivity index (χ0n) is 21.7. The molecule has 1 amide bonds. The standard InChI is InChI=1S/C34H33FN2O/c1-2-37-24-32(30-15-9-10-16-33(30)37)31(27-17-19-28(35)20-18-27)23-34(38)36-22-21-29(25-11-5-3-6-12-25)26-13-7-4-8-14-26/h3-20,24,29,31H,2,21-23H2,1H3,(H,36,38)/t31-/m1/s1. The molecule has 1 heterocycles. The van der Waals surface area contributed by atoms with E-state index < -0.39 is 0 Å². The highest BCUT2D eigenvalue weighted by Gasteiger charge is 2.23. The first-order valence-corrected chi connectivity index (χ1v) is 13.3. The highest BCUT2D eigenvalue weighted by atomic mass is 19.1. The van der Waals surface area contributed by atoms with Crippen LogP contribution in [0.25, 0.3) is 10.9 Å². The number of rotatable bonds is 10. The van der Waals surface area contributed by atoms with Crippen LogP contribution in [0, 0.1) is 5.82 Å². The van der Waals surface area contributed by atoms with Gasteiger partial charge in [0.25, 0.3) is 0 Å². The van der Waals surface area contributed by atoms with Crippen LogP contribution in [0.1, 0.15) is 53.9 Å². The van der Waals surface area contributed by atoms with E-state index in [0.717, 1.165) is 35.0 Å². The first-order valence-electron chi connectivity index (χ1n) is 13.3. The molecule has 4 heteroatoms. The number of nitrogens with one attached hydrogen (secondary N) is 1. The molecule has 5 rings (SSSR count). The molecule has 0 saturated heterocycles. The topological polar surface area (TPSA) is 34.0 Å². The number of hydrogen-bond acceptors (Lipinski definition) is 1. The van der Waals surface area contributed by atoms with Crippen LogP contribution in [0.5, 0.6) is 0 Å². The molecule has 1 atom stereocenters. The van der Waals surface area contributed by atoms with Gasteiger partial charge in [-0.1, -0.05) is 91.0 Å². The SMILES string of the molecule is CCn1cc([C@H](CC(=O)NCCC(c2ccccc2)c2ccccc2)c2ccc(F)cc2)c2ccccc21. The minimum Gasteiger partial charge on any atom is -0.356 e. The number of carbonyl (C=O) groups excluding carboxylic acids is 1. The lowest BCUT2D eigenvalue weighted by Gasteiger charge is -2.20. The molecule has 1 N–H and O–H groups in total. The third-order valence-corrected chi connectivity index (χ3v) is 7.36. The summed E-state index contributed by atoms with van der Waals surface area (Å²) in [4.78, 5) is 13.3. The molecule has 3 nitrogen and oxygen atoms in total. The van der Waals surface area contributed by atoms with Crippen LogP contribution in [0.3, 0.4) is 0 Å². The summed E-state index contributed by atoms with van der Waals surface area (Å²) in [5.41, 5.74) is 5.66. The highest BCUT2D eigenvalue weighted by Crippen LogP contribution is 2.35. The third-order valence-electron chi connectivity index (χ3n) is 7.36. The molecule has 0 fully saturated rings. The van der Waals surface area contributed by atoms with Gasteiger partial charge in [-0.25, -0.2) is 4.39 Å². The Morgan fingerprint density at radius 1 is 0.763 bits per heavy atom. The van der Waals surface area contributed by atoms with E-state index in [1.54, 1.807) is 12.1 Å². The maximum atomic E-state index is 13.8. The number of hydrogen-bond donors (Lipinski definition) is 1. The highest BCUT2D eigenvalue weighted by molar-refractivity contribution is 5.86. The number of carbonyl (C=O) groups is 1. The van der Waals surface area contributed by atoms with Gasteiger partial charge in [0.15, 0.2) is 0 Å². The van der Waals surface area contributed by atoms with E-state index in [9.17, 15) is 9.18 Å². The quantitative estimate of drug-likeness (QED) is 0.208. The molecule has 0 aliphatic carbocycles. The second-order valence-corrected chi connectivity index (χ2v) is 9.71. The molecule has 0 aliphatic heterocycles. The molecule has 0 saturated carbocycles. The van der Waals surface area contributed by atoms with Crippen LogP contribution in [0.4, 0.5) is 4.39 Å². The largest absolute Gasteiger partial charge is 0.356 e. The molecule has 0 bridgehead atoms. The molecule has 0 aliphatic rings. The Bertz CT molecular complexity index is 1440. The number of benzene rings is 4. The number of aromatic nitrogens is 1. The molecule has 0 unspecified atom stereocenters. The molecule has 0 radical (unpaired) electrons. The number of para-hydroxylation sites is 1. The van der Waals surface area contributed by atoms with Gasteiger partial charge in [-0.2, -0.15) is 0 Å². The van der Waals surface area contributed by atoms with Crippen molar-refractivity contribution in [2.24, 2.45) is 0 Å². The fraction of sp³-hybridized carbons (Fsp3) is 0.206. The van der Waals surface area contributed by atoms with Crippen molar-refractivity contribution in [3.8, 4) is 0 Å². The monoisotopic (exact) mass is 504 g/mol. The number of amides is 1. The molecular formula is C34H33FN2O. The Balaban J connectivity index is 1.36. The van der Waals surface area contributed by atoms with Crippen molar-refractivity contribution >= 4 is 16.8 Å². The van der Waals surface area contributed by atoms with E-state index in [4.69, 9.17) is 0 Å². The van der Waals surface area contributed by atoms with Gasteiger partial charge < -0.3 is 9.88 Å². The zero-order chi connectivity index (χ0) is 26.3. The molecule has 38 heavy (non-hydrogen) atoms. The van der Waals surface area contributed by atoms with Crippen LogP contribution >= 0.6 is 0 Å². The van der Waals surface area contributed by atoms with Gasteiger partial charge in [0.05, 0.1) is 0 Å². The Labute approximate surface area is 223 Å². The smallest absolute Gasteiger partial charge is 0.220 e. The van der Waals surface area contributed by atoms with E-state index in [1.807, 2.05) is 24.3 Å². The van der Waals surface area contributed by atoms with E-state index >= 15 is 0 Å². The van der Waals surface area contributed by atoms with Gasteiger partial charge >= 0.3 is 0 Å². The van der Waals surface area contributed by atoms with Gasteiger partial charge in [-0.05, 0) is 53.8 Å². The van der Waals surface area contributed by atoms with E-state index in [0.29, 0.717) is 13.0 Å². The minimum absolute atomic E-state index is 0.00692. The van der Waals surface area contributed by atoms with Crippen LogP contribution in [-0.2, 0) is 11.3 Å². The maximum Gasteiger partial charge on any atom is 0.220 e. The maximum absolute atomic E-state index is 13.8. The van der Waals surface area contributed by atoms with Gasteiger partial charge in [-0.15, -0.1) is 0 Å². The van der Waals surface area contributed by atoms with E-state index in [2.05, 4.69) is 83.7 Å². The minimum atomic E-state index is -0.277. The first kappa shape index (κ1) is 25.5. The molecule has 5 aromatic rings. The summed E-state index contributed by atoms with van der Waals surface area (Å²) in [6.45, 7) is 3.52. The lowest BCUT2D eigenvalue weighted by atomic mass is 9.87. The van der Waals surface area contributed by atoms with Crippen molar-refractivity contribution in [3.63, 3.8) is 0 Å². The molecule has 1 aromatic heterocycles. The van der Waals surface area contributed by atoms with Crippen LogP contribution in [0.2, 0.25) is 0 Å². The predicted octanol–water partition coefficient (Wildman–Crippen LogP) is 7.66. The van der Waals surface area contributed by atoms with E-state index in [1.165, 1.54) is 23.3 Å². The zero-order valence-corrected chi connectivity index (χ0v) is 21.7. The molecular weight excluding hydrogens is 471 g/mol. The normalized spacial score (nSPS) is 12.1. The average Bonchev–Trinajstić information content (AvgIpc) is 3.34. The van der Waals surface area contributed by atoms with Gasteiger partial charge in [-0.3, -0.25) is 4.79 Å². The van der Waals surface area contributed by atoms with Crippen molar-refractivity contribution in [3.05, 3.63) is 143 Å². The lowest BCUT2D eigenvalue weighted by molar-refractivity contribution is -0.121. The Morgan fingerprint density at radius 2 is 1.34 bits per heavy atom. The fourth-order valence-corrected chi connectivity index (χ4v) is 5.43. The summed E-state index contributed by atoms with van der Waals surface area (Å²) in [5.74, 6) is -0.256. The Hall–Kier alpha value is -4.18.